The summed E-state index contributed by atoms with van der Waals surface area (Å²) in [6.07, 6.45) is 7.13. The molecule has 0 aliphatic carbocycles. The van der Waals surface area contributed by atoms with Gasteiger partial charge in [0.15, 0.2) is 5.65 Å². The number of hydrogen-bond acceptors (Lipinski definition) is 5. The van der Waals surface area contributed by atoms with Crippen molar-refractivity contribution in [3.8, 4) is 0 Å². The van der Waals surface area contributed by atoms with Crippen molar-refractivity contribution in [2.24, 2.45) is 12.8 Å². The standard InChI is InChI=1S/C20H25FN6O2S/c1-11-7-13(17(22)28)14(21)8-15(11)24-19-23-9-16-18(25-19)27(20(29)26(16)2)12-5-6-30(3,4)10-12/h7-9,12H,5-6,10H2,1-4H3,(H2,22,28)(H,23,24,25). The lowest BCUT2D eigenvalue weighted by Crippen LogP contribution is -2.26. The number of anilines is 2. The Morgan fingerprint density at radius 1 is 1.37 bits per heavy atom. The van der Waals surface area contributed by atoms with Crippen LogP contribution in [0.2, 0.25) is 0 Å². The number of halogens is 1. The lowest BCUT2D eigenvalue weighted by Gasteiger charge is -2.24. The Hall–Kier alpha value is -2.88. The molecule has 1 aliphatic rings. The highest BCUT2D eigenvalue weighted by Crippen LogP contribution is 2.51. The van der Waals surface area contributed by atoms with Crippen LogP contribution in [0.25, 0.3) is 11.2 Å². The van der Waals surface area contributed by atoms with Crippen molar-refractivity contribution >= 4 is 38.7 Å². The molecule has 1 amide bonds. The molecule has 1 aliphatic heterocycles. The van der Waals surface area contributed by atoms with Crippen LogP contribution in [0.1, 0.15) is 28.4 Å². The summed E-state index contributed by atoms with van der Waals surface area (Å²) < 4.78 is 17.5. The molecule has 4 rings (SSSR count). The largest absolute Gasteiger partial charge is 0.366 e. The first-order chi connectivity index (χ1) is 14.1. The van der Waals surface area contributed by atoms with Crippen LogP contribution in [0.15, 0.2) is 23.1 Å². The Morgan fingerprint density at radius 3 is 2.73 bits per heavy atom. The van der Waals surface area contributed by atoms with Crippen molar-refractivity contribution in [2.75, 3.05) is 29.3 Å². The van der Waals surface area contributed by atoms with Gasteiger partial charge in [0.05, 0.1) is 11.8 Å². The molecule has 3 aromatic rings. The van der Waals surface area contributed by atoms with Gasteiger partial charge in [0, 0.05) is 18.8 Å². The van der Waals surface area contributed by atoms with Gasteiger partial charge in [-0.15, -0.1) is 0 Å². The fourth-order valence-corrected chi connectivity index (χ4v) is 6.43. The van der Waals surface area contributed by atoms with Gasteiger partial charge >= 0.3 is 5.69 Å². The number of carbonyl (C=O) groups excluding carboxylic acids is 1. The molecule has 3 N–H and O–H groups in total. The molecule has 1 fully saturated rings. The number of nitrogens with one attached hydrogen (secondary N) is 1. The predicted molar refractivity (Wildman–Crippen MR) is 119 cm³/mol. The minimum absolute atomic E-state index is 0.105. The topological polar surface area (TPSA) is 108 Å². The normalized spacial score (nSPS) is 19.2. The number of aryl methyl sites for hydroxylation is 2. The molecule has 2 aromatic heterocycles. The maximum absolute atomic E-state index is 14.2. The molecule has 160 valence electrons. The first kappa shape index (κ1) is 20.4. The molecule has 0 bridgehead atoms. The number of benzene rings is 1. The zero-order valence-electron chi connectivity index (χ0n) is 17.4. The summed E-state index contributed by atoms with van der Waals surface area (Å²) in [6.45, 7) is 1.73. The molecular weight excluding hydrogens is 407 g/mol. The van der Waals surface area contributed by atoms with Crippen molar-refractivity contribution < 1.29 is 9.18 Å². The van der Waals surface area contributed by atoms with Crippen LogP contribution < -0.4 is 16.7 Å². The molecule has 10 heteroatoms. The Labute approximate surface area is 174 Å². The van der Waals surface area contributed by atoms with Crippen LogP contribution in [0.5, 0.6) is 0 Å². The van der Waals surface area contributed by atoms with Gasteiger partial charge in [-0.2, -0.15) is 4.98 Å². The molecular formula is C20H25FN6O2S. The number of amides is 1. The molecule has 1 atom stereocenters. The maximum Gasteiger partial charge on any atom is 0.330 e. The first-order valence-electron chi connectivity index (χ1n) is 9.57. The second-order valence-electron chi connectivity index (χ2n) is 8.33. The number of aromatic nitrogens is 4. The van der Waals surface area contributed by atoms with Gasteiger partial charge in [0.2, 0.25) is 5.95 Å². The maximum atomic E-state index is 14.2. The van der Waals surface area contributed by atoms with E-state index in [9.17, 15) is 14.0 Å². The highest BCUT2D eigenvalue weighted by atomic mass is 32.3. The second kappa shape index (κ2) is 7.12. The van der Waals surface area contributed by atoms with Crippen molar-refractivity contribution in [1.82, 2.24) is 19.1 Å². The van der Waals surface area contributed by atoms with Gasteiger partial charge in [0.1, 0.15) is 11.3 Å². The Balaban J connectivity index is 1.76. The number of hydrogen-bond donors (Lipinski definition) is 2. The molecule has 1 saturated heterocycles. The molecule has 8 nitrogen and oxygen atoms in total. The summed E-state index contributed by atoms with van der Waals surface area (Å²) in [7, 11) is 1.01. The summed E-state index contributed by atoms with van der Waals surface area (Å²) in [4.78, 5) is 33.1. The van der Waals surface area contributed by atoms with Crippen LogP contribution in [0, 0.1) is 12.7 Å². The third-order valence-corrected chi connectivity index (χ3v) is 8.30. The quantitative estimate of drug-likeness (QED) is 0.658. The second-order valence-corrected chi connectivity index (χ2v) is 12.6. The Morgan fingerprint density at radius 2 is 2.10 bits per heavy atom. The van der Waals surface area contributed by atoms with E-state index in [2.05, 4.69) is 27.8 Å². The summed E-state index contributed by atoms with van der Waals surface area (Å²) in [5.41, 5.74) is 7.19. The Kier molecular flexibility index (Phi) is 4.84. The zero-order valence-corrected chi connectivity index (χ0v) is 18.2. The van der Waals surface area contributed by atoms with E-state index < -0.39 is 21.8 Å². The minimum Gasteiger partial charge on any atom is -0.366 e. The van der Waals surface area contributed by atoms with E-state index in [0.29, 0.717) is 22.4 Å². The first-order valence-corrected chi connectivity index (χ1v) is 12.4. The molecule has 0 saturated carbocycles. The van der Waals surface area contributed by atoms with E-state index in [4.69, 9.17) is 5.73 Å². The van der Waals surface area contributed by atoms with Crippen molar-refractivity contribution in [3.63, 3.8) is 0 Å². The van der Waals surface area contributed by atoms with E-state index in [-0.39, 0.29) is 23.2 Å². The number of primary amides is 1. The van der Waals surface area contributed by atoms with Crippen LogP contribution in [-0.4, -0.2) is 49.0 Å². The lowest BCUT2D eigenvalue weighted by atomic mass is 10.1. The molecule has 3 heterocycles. The number of imidazole rings is 1. The number of carbonyl (C=O) groups is 1. The van der Waals surface area contributed by atoms with E-state index >= 15 is 0 Å². The summed E-state index contributed by atoms with van der Waals surface area (Å²) in [6, 6.07) is 2.70. The van der Waals surface area contributed by atoms with Crippen LogP contribution >= 0.6 is 10.0 Å². The fraction of sp³-hybridized carbons (Fsp3) is 0.400. The smallest absolute Gasteiger partial charge is 0.330 e. The summed E-state index contributed by atoms with van der Waals surface area (Å²) >= 11 is 0. The highest BCUT2D eigenvalue weighted by molar-refractivity contribution is 8.32. The summed E-state index contributed by atoms with van der Waals surface area (Å²) in [5, 5.41) is 3.00. The minimum atomic E-state index is -0.824. The number of nitrogens with zero attached hydrogens (tertiary/aromatic N) is 4. The average molecular weight is 433 g/mol. The van der Waals surface area contributed by atoms with E-state index in [1.54, 1.807) is 29.3 Å². The zero-order chi connectivity index (χ0) is 21.8. The highest BCUT2D eigenvalue weighted by Gasteiger charge is 2.31. The van der Waals surface area contributed by atoms with Gasteiger partial charge in [-0.05, 0) is 55.1 Å². The van der Waals surface area contributed by atoms with E-state index in [0.717, 1.165) is 17.9 Å². The third-order valence-electron chi connectivity index (χ3n) is 5.67. The molecule has 0 radical (unpaired) electrons. The van der Waals surface area contributed by atoms with Crippen molar-refractivity contribution in [3.05, 3.63) is 45.8 Å². The van der Waals surface area contributed by atoms with E-state index in [1.807, 2.05) is 0 Å². The SMILES string of the molecule is Cc1cc(C(N)=O)c(F)cc1Nc1ncc2c(n1)n(C1CCS(C)(C)C1)c(=O)n2C. The predicted octanol–water partition coefficient (Wildman–Crippen LogP) is 2.43. The van der Waals surface area contributed by atoms with Crippen LogP contribution in [-0.2, 0) is 7.05 Å². The average Bonchev–Trinajstić information content (AvgIpc) is 3.14. The number of rotatable bonds is 4. The van der Waals surface area contributed by atoms with Gasteiger partial charge < -0.3 is 11.1 Å². The number of nitrogens with two attached hydrogens (primary N) is 1. The van der Waals surface area contributed by atoms with Gasteiger partial charge in [0.25, 0.3) is 5.91 Å². The van der Waals surface area contributed by atoms with Crippen molar-refractivity contribution in [1.29, 1.82) is 0 Å². The molecule has 0 spiro atoms. The van der Waals surface area contributed by atoms with E-state index in [1.165, 1.54) is 12.1 Å². The van der Waals surface area contributed by atoms with Crippen LogP contribution in [0.3, 0.4) is 0 Å². The molecule has 30 heavy (non-hydrogen) atoms. The van der Waals surface area contributed by atoms with Gasteiger partial charge in [-0.25, -0.2) is 24.2 Å². The van der Waals surface area contributed by atoms with Gasteiger partial charge in [-0.1, -0.05) is 0 Å². The molecule has 1 unspecified atom stereocenters. The monoisotopic (exact) mass is 432 g/mol. The summed E-state index contributed by atoms with van der Waals surface area (Å²) in [5.74, 6) is 0.818. The van der Waals surface area contributed by atoms with Crippen molar-refractivity contribution in [2.45, 2.75) is 19.4 Å². The third kappa shape index (κ3) is 3.45. The lowest BCUT2D eigenvalue weighted by molar-refractivity contribution is 0.0996. The fourth-order valence-electron chi connectivity index (χ4n) is 4.00. The number of fused-ring (bicyclic) bond motifs is 1. The van der Waals surface area contributed by atoms with Gasteiger partial charge in [-0.3, -0.25) is 13.9 Å². The Bertz CT molecular complexity index is 1230. The molecule has 1 aromatic carbocycles. The van der Waals surface area contributed by atoms with Crippen LogP contribution in [0.4, 0.5) is 16.0 Å².